The largest absolute Gasteiger partial charge is 0.414 e. The van der Waals surface area contributed by atoms with E-state index < -0.39 is 33.9 Å². The van der Waals surface area contributed by atoms with Crippen LogP contribution < -0.4 is 5.32 Å². The lowest BCUT2D eigenvalue weighted by Crippen LogP contribution is -2.44. The quantitative estimate of drug-likeness (QED) is 0.645. The van der Waals surface area contributed by atoms with Crippen LogP contribution in [-0.2, 0) is 27.5 Å². The Morgan fingerprint density at radius 3 is 2.44 bits per heavy atom. The Hall–Kier alpha value is -2.33. The number of hydrogen-bond acceptors (Lipinski definition) is 5. The Morgan fingerprint density at radius 2 is 1.82 bits per heavy atom. The molecule has 0 radical (unpaired) electrons. The van der Waals surface area contributed by atoms with E-state index in [0.29, 0.717) is 15.6 Å². The molecule has 34 heavy (non-hydrogen) atoms. The number of nitrogens with one attached hydrogen (secondary N) is 1. The van der Waals surface area contributed by atoms with Crippen LogP contribution in [-0.4, -0.2) is 55.0 Å². The van der Waals surface area contributed by atoms with Crippen molar-refractivity contribution >= 4 is 33.0 Å². The van der Waals surface area contributed by atoms with Crippen molar-refractivity contribution in [1.82, 2.24) is 9.88 Å². The highest BCUT2D eigenvalue weighted by molar-refractivity contribution is 7.91. The van der Waals surface area contributed by atoms with Gasteiger partial charge in [0.25, 0.3) is 0 Å². The Bertz CT molecular complexity index is 1160. The first-order valence-electron chi connectivity index (χ1n) is 11.0. The van der Waals surface area contributed by atoms with Crippen molar-refractivity contribution in [3.05, 3.63) is 58.4 Å². The zero-order valence-corrected chi connectivity index (χ0v) is 20.1. The van der Waals surface area contributed by atoms with Gasteiger partial charge in [0.15, 0.2) is 6.04 Å². The fourth-order valence-electron chi connectivity index (χ4n) is 4.71. The van der Waals surface area contributed by atoms with E-state index in [1.165, 1.54) is 23.9 Å². The molecule has 1 unspecified atom stereocenters. The predicted octanol–water partition coefficient (Wildman–Crippen LogP) is 4.20. The molecular weight excluding hydrogens is 491 g/mol. The third-order valence-electron chi connectivity index (χ3n) is 6.49. The molecule has 4 rings (SSSR count). The third-order valence-corrected chi connectivity index (χ3v) is 8.44. The van der Waals surface area contributed by atoms with Crippen LogP contribution in [0.1, 0.15) is 35.7 Å². The average Bonchev–Trinajstić information content (AvgIpc) is 3.15. The lowest BCUT2D eigenvalue weighted by atomic mass is 9.99. The molecule has 1 aromatic carbocycles. The Kier molecular flexibility index (Phi) is 6.83. The van der Waals surface area contributed by atoms with E-state index >= 15 is 0 Å². The van der Waals surface area contributed by atoms with Gasteiger partial charge in [-0.1, -0.05) is 17.7 Å². The van der Waals surface area contributed by atoms with Crippen molar-refractivity contribution in [1.29, 1.82) is 0 Å². The molecule has 0 saturated carbocycles. The standard InChI is InChI=1S/C23H25ClF3N3O3S/c1-30(22(31)14-6-8-34(32,33)9-7-14)21(23(25,26)27)20-5-4-18(13-28-20)29-19-11-15-2-3-17(24)10-16(15)12-19/h2-5,10,13-14,19,21,29H,6-9,11-12H2,1H3/t19?,21-/m0/s1. The van der Waals surface area contributed by atoms with Gasteiger partial charge in [-0.25, -0.2) is 8.42 Å². The molecule has 0 spiro atoms. The first-order chi connectivity index (χ1) is 15.9. The molecule has 2 aliphatic rings. The van der Waals surface area contributed by atoms with Crippen LogP contribution in [0.5, 0.6) is 0 Å². The third kappa shape index (κ3) is 5.49. The van der Waals surface area contributed by atoms with Crippen LogP contribution >= 0.6 is 11.6 Å². The van der Waals surface area contributed by atoms with Crippen LogP contribution in [0.4, 0.5) is 18.9 Å². The number of hydrogen-bond donors (Lipinski definition) is 1. The summed E-state index contributed by atoms with van der Waals surface area (Å²) in [6, 6.07) is 6.39. The molecular formula is C23H25ClF3N3O3S. The van der Waals surface area contributed by atoms with Crippen molar-refractivity contribution in [2.75, 3.05) is 23.9 Å². The first kappa shape index (κ1) is 24.8. The molecule has 2 atom stereocenters. The maximum Gasteiger partial charge on any atom is 0.414 e. The lowest BCUT2D eigenvalue weighted by Gasteiger charge is -2.33. The second kappa shape index (κ2) is 9.37. The van der Waals surface area contributed by atoms with Crippen LogP contribution in [0.15, 0.2) is 36.5 Å². The lowest BCUT2D eigenvalue weighted by molar-refractivity contribution is -0.191. The second-order valence-electron chi connectivity index (χ2n) is 8.95. The molecule has 184 valence electrons. The smallest absolute Gasteiger partial charge is 0.380 e. The highest BCUT2D eigenvalue weighted by Gasteiger charge is 2.47. The van der Waals surface area contributed by atoms with Crippen LogP contribution in [0.25, 0.3) is 0 Å². The topological polar surface area (TPSA) is 79.4 Å². The fraction of sp³-hybridized carbons (Fsp3) is 0.478. The van der Waals surface area contributed by atoms with Gasteiger partial charge in [-0.3, -0.25) is 9.78 Å². The molecule has 2 aromatic rings. The van der Waals surface area contributed by atoms with Crippen molar-refractivity contribution in [2.24, 2.45) is 5.92 Å². The zero-order valence-electron chi connectivity index (χ0n) is 18.5. The Balaban J connectivity index is 1.45. The van der Waals surface area contributed by atoms with Crippen LogP contribution in [0, 0.1) is 5.92 Å². The van der Waals surface area contributed by atoms with Gasteiger partial charge in [0.1, 0.15) is 9.84 Å². The highest BCUT2D eigenvalue weighted by atomic mass is 35.5. The summed E-state index contributed by atoms with van der Waals surface area (Å²) in [7, 11) is -2.13. The van der Waals surface area contributed by atoms with E-state index in [0.717, 1.165) is 25.5 Å². The molecule has 0 bridgehead atoms. The predicted molar refractivity (Wildman–Crippen MR) is 123 cm³/mol. The Morgan fingerprint density at radius 1 is 1.15 bits per heavy atom. The number of halogens is 4. The number of aromatic nitrogens is 1. The Labute approximate surface area is 201 Å². The molecule has 1 fully saturated rings. The van der Waals surface area contributed by atoms with E-state index in [1.807, 2.05) is 18.2 Å². The van der Waals surface area contributed by atoms with Crippen LogP contribution in [0.3, 0.4) is 0 Å². The molecule has 1 aliphatic heterocycles. The molecule has 11 heteroatoms. The van der Waals surface area contributed by atoms with Gasteiger partial charge < -0.3 is 10.2 Å². The van der Waals surface area contributed by atoms with E-state index in [-0.39, 0.29) is 36.1 Å². The minimum Gasteiger partial charge on any atom is -0.380 e. The summed E-state index contributed by atoms with van der Waals surface area (Å²) < 4.78 is 65.1. The number of fused-ring (bicyclic) bond motifs is 1. The van der Waals surface area contributed by atoms with E-state index in [4.69, 9.17) is 11.6 Å². The molecule has 1 N–H and O–H groups in total. The number of alkyl halides is 3. The molecule has 1 aromatic heterocycles. The maximum atomic E-state index is 14.0. The van der Waals surface area contributed by atoms with Crippen LogP contribution in [0.2, 0.25) is 5.02 Å². The van der Waals surface area contributed by atoms with Gasteiger partial charge in [0.2, 0.25) is 5.91 Å². The number of nitrogens with zero attached hydrogens (tertiary/aromatic N) is 2. The number of anilines is 1. The molecule has 1 amide bonds. The average molecular weight is 516 g/mol. The SMILES string of the molecule is CN(C(=O)C1CCS(=O)(=O)CC1)[C@@H](c1ccc(NC2Cc3ccc(Cl)cc3C2)cn1)C(F)(F)F. The minimum atomic E-state index is -4.74. The van der Waals surface area contributed by atoms with E-state index in [2.05, 4.69) is 10.3 Å². The van der Waals surface area contributed by atoms with Crippen molar-refractivity contribution in [2.45, 2.75) is 43.9 Å². The van der Waals surface area contributed by atoms with E-state index in [9.17, 15) is 26.4 Å². The number of carbonyl (C=O) groups is 1. The summed E-state index contributed by atoms with van der Waals surface area (Å²) in [5.74, 6) is -1.85. The number of sulfone groups is 1. The maximum absolute atomic E-state index is 14.0. The highest BCUT2D eigenvalue weighted by Crippen LogP contribution is 2.38. The summed E-state index contributed by atoms with van der Waals surface area (Å²) in [6.45, 7) is 0. The van der Waals surface area contributed by atoms with Gasteiger partial charge >= 0.3 is 6.18 Å². The fourth-order valence-corrected chi connectivity index (χ4v) is 6.40. The van der Waals surface area contributed by atoms with Gasteiger partial charge in [-0.2, -0.15) is 13.2 Å². The molecule has 2 heterocycles. The second-order valence-corrected chi connectivity index (χ2v) is 11.7. The minimum absolute atomic E-state index is 0.0291. The summed E-state index contributed by atoms with van der Waals surface area (Å²) in [5, 5.41) is 3.96. The monoisotopic (exact) mass is 515 g/mol. The number of amides is 1. The molecule has 1 aliphatic carbocycles. The number of rotatable bonds is 5. The summed E-state index contributed by atoms with van der Waals surface area (Å²) in [5.41, 5.74) is 2.61. The zero-order chi connectivity index (χ0) is 24.7. The van der Waals surface area contributed by atoms with Gasteiger partial charge in [0, 0.05) is 24.0 Å². The molecule has 1 saturated heterocycles. The summed E-state index contributed by atoms with van der Waals surface area (Å²) in [6.07, 6.45) is -1.82. The summed E-state index contributed by atoms with van der Waals surface area (Å²) >= 11 is 6.05. The van der Waals surface area contributed by atoms with Crippen molar-refractivity contribution < 1.29 is 26.4 Å². The number of pyridine rings is 1. The van der Waals surface area contributed by atoms with Gasteiger partial charge in [0.05, 0.1) is 29.1 Å². The molecule has 6 nitrogen and oxygen atoms in total. The van der Waals surface area contributed by atoms with E-state index in [1.54, 1.807) is 0 Å². The van der Waals surface area contributed by atoms with Gasteiger partial charge in [-0.15, -0.1) is 0 Å². The van der Waals surface area contributed by atoms with Gasteiger partial charge in [-0.05, 0) is 61.1 Å². The van der Waals surface area contributed by atoms with Crippen molar-refractivity contribution in [3.8, 4) is 0 Å². The number of carbonyl (C=O) groups excluding carboxylic acids is 1. The van der Waals surface area contributed by atoms with Crippen molar-refractivity contribution in [3.63, 3.8) is 0 Å². The normalized spacial score (nSPS) is 21.0. The number of benzene rings is 1. The summed E-state index contributed by atoms with van der Waals surface area (Å²) in [4.78, 5) is 17.5. The first-order valence-corrected chi connectivity index (χ1v) is 13.2.